The number of carbonyl (C=O) groups is 2. The Morgan fingerprint density at radius 3 is 2.17 bits per heavy atom. The van der Waals surface area contributed by atoms with E-state index in [1.165, 1.54) is 0 Å². The second-order valence-electron chi connectivity index (χ2n) is 8.42. The number of Topliss-reactive ketones (excluding diaryl/α,β-unsaturated/α-hetero) is 1. The molecule has 156 valence electrons. The van der Waals surface area contributed by atoms with Crippen molar-refractivity contribution < 1.29 is 14.3 Å². The first-order valence-corrected chi connectivity index (χ1v) is 10.7. The maximum absolute atomic E-state index is 12.9. The number of halogens is 1. The number of benzene rings is 2. The van der Waals surface area contributed by atoms with Crippen molar-refractivity contribution >= 4 is 27.8 Å². The molecule has 2 atom stereocenters. The fourth-order valence-electron chi connectivity index (χ4n) is 3.04. The standard InChI is InChI=1S/C24H30BrNO3/c1-16-6-11-19(12-7-16)22(26-23(28)29-24(3,4)5)17(2)21(27)15-10-18-8-13-20(25)14-9-18/h6-9,11-14,17,22H,10,15H2,1-5H3,(H,26,28)/t17-,22-/m0/s1. The van der Waals surface area contributed by atoms with Crippen LogP contribution in [0.3, 0.4) is 0 Å². The number of aryl methyl sites for hydroxylation is 2. The zero-order chi connectivity index (χ0) is 21.6. The third kappa shape index (κ3) is 7.65. The Hall–Kier alpha value is -2.14. The third-order valence-electron chi connectivity index (χ3n) is 4.69. The number of hydrogen-bond acceptors (Lipinski definition) is 3. The zero-order valence-electron chi connectivity index (χ0n) is 17.8. The van der Waals surface area contributed by atoms with E-state index in [0.717, 1.165) is 21.2 Å². The first-order chi connectivity index (χ1) is 13.5. The van der Waals surface area contributed by atoms with E-state index in [1.807, 2.05) is 83.1 Å². The summed E-state index contributed by atoms with van der Waals surface area (Å²) in [7, 11) is 0. The second kappa shape index (κ2) is 10.1. The van der Waals surface area contributed by atoms with Gasteiger partial charge in [-0.3, -0.25) is 4.79 Å². The minimum Gasteiger partial charge on any atom is -0.444 e. The average molecular weight is 460 g/mol. The largest absolute Gasteiger partial charge is 0.444 e. The number of alkyl carbamates (subject to hydrolysis) is 1. The fraction of sp³-hybridized carbons (Fsp3) is 0.417. The zero-order valence-corrected chi connectivity index (χ0v) is 19.4. The van der Waals surface area contributed by atoms with Crippen molar-refractivity contribution in [2.75, 3.05) is 0 Å². The highest BCUT2D eigenvalue weighted by molar-refractivity contribution is 9.10. The van der Waals surface area contributed by atoms with E-state index in [2.05, 4.69) is 21.2 Å². The molecule has 0 saturated heterocycles. The first-order valence-electron chi connectivity index (χ1n) is 9.88. The van der Waals surface area contributed by atoms with E-state index in [4.69, 9.17) is 4.74 Å². The van der Waals surface area contributed by atoms with Crippen LogP contribution in [0.25, 0.3) is 0 Å². The topological polar surface area (TPSA) is 55.4 Å². The van der Waals surface area contributed by atoms with Crippen LogP contribution in [0.2, 0.25) is 0 Å². The van der Waals surface area contributed by atoms with Crippen LogP contribution < -0.4 is 5.32 Å². The second-order valence-corrected chi connectivity index (χ2v) is 9.33. The molecule has 2 aromatic rings. The van der Waals surface area contributed by atoms with Gasteiger partial charge in [-0.05, 0) is 57.4 Å². The SMILES string of the molecule is Cc1ccc([C@@H](NC(=O)OC(C)(C)C)[C@@H](C)C(=O)CCc2ccc(Br)cc2)cc1. The number of ketones is 1. The van der Waals surface area contributed by atoms with Gasteiger partial charge in [-0.25, -0.2) is 4.79 Å². The smallest absolute Gasteiger partial charge is 0.408 e. The van der Waals surface area contributed by atoms with Gasteiger partial charge in [-0.15, -0.1) is 0 Å². The summed E-state index contributed by atoms with van der Waals surface area (Å²) in [6.07, 6.45) is 0.570. The van der Waals surface area contributed by atoms with Gasteiger partial charge in [0, 0.05) is 16.8 Å². The number of carbonyl (C=O) groups excluding carboxylic acids is 2. The van der Waals surface area contributed by atoms with Gasteiger partial charge < -0.3 is 10.1 Å². The number of amides is 1. The van der Waals surface area contributed by atoms with Crippen molar-refractivity contribution in [2.45, 2.75) is 59.1 Å². The molecule has 0 bridgehead atoms. The molecule has 5 heteroatoms. The van der Waals surface area contributed by atoms with E-state index >= 15 is 0 Å². The predicted molar refractivity (Wildman–Crippen MR) is 120 cm³/mol. The molecule has 0 aliphatic rings. The lowest BCUT2D eigenvalue weighted by Gasteiger charge is -2.27. The molecule has 0 fully saturated rings. The molecule has 0 unspecified atom stereocenters. The van der Waals surface area contributed by atoms with Gasteiger partial charge in [-0.1, -0.05) is 64.8 Å². The van der Waals surface area contributed by atoms with Gasteiger partial charge in [-0.2, -0.15) is 0 Å². The first kappa shape index (κ1) is 23.1. The van der Waals surface area contributed by atoms with Gasteiger partial charge in [0.15, 0.2) is 0 Å². The van der Waals surface area contributed by atoms with Crippen LogP contribution in [0.1, 0.15) is 56.8 Å². The molecule has 0 radical (unpaired) electrons. The maximum atomic E-state index is 12.9. The molecule has 0 aliphatic carbocycles. The quantitative estimate of drug-likeness (QED) is 0.538. The van der Waals surface area contributed by atoms with E-state index < -0.39 is 17.7 Å². The maximum Gasteiger partial charge on any atom is 0.408 e. The minimum absolute atomic E-state index is 0.106. The molecular weight excluding hydrogens is 430 g/mol. The summed E-state index contributed by atoms with van der Waals surface area (Å²) in [5, 5.41) is 2.91. The lowest BCUT2D eigenvalue weighted by atomic mass is 9.88. The van der Waals surface area contributed by atoms with Gasteiger partial charge in [0.1, 0.15) is 11.4 Å². The summed E-state index contributed by atoms with van der Waals surface area (Å²) in [4.78, 5) is 25.3. The Morgan fingerprint density at radius 2 is 1.62 bits per heavy atom. The molecular formula is C24H30BrNO3. The number of nitrogens with one attached hydrogen (secondary N) is 1. The van der Waals surface area contributed by atoms with Gasteiger partial charge in [0.05, 0.1) is 6.04 Å². The van der Waals surface area contributed by atoms with Gasteiger partial charge in [0.25, 0.3) is 0 Å². The summed E-state index contributed by atoms with van der Waals surface area (Å²) in [6.45, 7) is 9.33. The summed E-state index contributed by atoms with van der Waals surface area (Å²) < 4.78 is 6.43. The Labute approximate surface area is 182 Å². The molecule has 1 N–H and O–H groups in total. The van der Waals surface area contributed by atoms with Crippen LogP contribution in [0.15, 0.2) is 53.0 Å². The van der Waals surface area contributed by atoms with E-state index in [1.54, 1.807) is 0 Å². The van der Waals surface area contributed by atoms with Crippen molar-refractivity contribution in [3.05, 3.63) is 69.7 Å². The van der Waals surface area contributed by atoms with Crippen LogP contribution >= 0.6 is 15.9 Å². The van der Waals surface area contributed by atoms with Gasteiger partial charge in [0.2, 0.25) is 0 Å². The highest BCUT2D eigenvalue weighted by atomic mass is 79.9. The predicted octanol–water partition coefficient (Wildman–Crippen LogP) is 6.16. The number of rotatable bonds is 7. The van der Waals surface area contributed by atoms with E-state index in [9.17, 15) is 9.59 Å². The summed E-state index contributed by atoms with van der Waals surface area (Å²) >= 11 is 3.42. The Bertz CT molecular complexity index is 823. The van der Waals surface area contributed by atoms with Crippen molar-refractivity contribution in [1.29, 1.82) is 0 Å². The van der Waals surface area contributed by atoms with E-state index in [0.29, 0.717) is 12.8 Å². The van der Waals surface area contributed by atoms with Crippen LogP contribution in [0.4, 0.5) is 4.79 Å². The molecule has 1 amide bonds. The summed E-state index contributed by atoms with van der Waals surface area (Å²) in [6, 6.07) is 15.4. The Balaban J connectivity index is 2.12. The Kier molecular flexibility index (Phi) is 8.03. The summed E-state index contributed by atoms with van der Waals surface area (Å²) in [5.74, 6) is -0.268. The third-order valence-corrected chi connectivity index (χ3v) is 5.22. The molecule has 0 spiro atoms. The van der Waals surface area contributed by atoms with Crippen LogP contribution in [-0.2, 0) is 16.0 Å². The lowest BCUT2D eigenvalue weighted by Crippen LogP contribution is -2.39. The molecule has 0 aromatic heterocycles. The van der Waals surface area contributed by atoms with Crippen LogP contribution in [0, 0.1) is 12.8 Å². The van der Waals surface area contributed by atoms with Gasteiger partial charge >= 0.3 is 6.09 Å². The lowest BCUT2D eigenvalue weighted by molar-refractivity contribution is -0.123. The molecule has 4 nitrogen and oxygen atoms in total. The highest BCUT2D eigenvalue weighted by Gasteiger charge is 2.28. The molecule has 2 rings (SSSR count). The van der Waals surface area contributed by atoms with Crippen molar-refractivity contribution in [3.8, 4) is 0 Å². The van der Waals surface area contributed by atoms with Crippen LogP contribution in [0.5, 0.6) is 0 Å². The Morgan fingerprint density at radius 1 is 1.03 bits per heavy atom. The molecule has 29 heavy (non-hydrogen) atoms. The number of ether oxygens (including phenoxy) is 1. The van der Waals surface area contributed by atoms with Crippen LogP contribution in [-0.4, -0.2) is 17.5 Å². The number of hydrogen-bond donors (Lipinski definition) is 1. The average Bonchev–Trinajstić information content (AvgIpc) is 2.64. The molecule has 2 aromatic carbocycles. The normalized spacial score (nSPS) is 13.4. The molecule has 0 heterocycles. The molecule has 0 saturated carbocycles. The monoisotopic (exact) mass is 459 g/mol. The fourth-order valence-corrected chi connectivity index (χ4v) is 3.30. The van der Waals surface area contributed by atoms with Crippen molar-refractivity contribution in [3.63, 3.8) is 0 Å². The van der Waals surface area contributed by atoms with E-state index in [-0.39, 0.29) is 11.7 Å². The van der Waals surface area contributed by atoms with Crippen molar-refractivity contribution in [1.82, 2.24) is 5.32 Å². The van der Waals surface area contributed by atoms with Crippen molar-refractivity contribution in [2.24, 2.45) is 5.92 Å². The minimum atomic E-state index is -0.600. The molecule has 0 aliphatic heterocycles. The highest BCUT2D eigenvalue weighted by Crippen LogP contribution is 2.26. The summed E-state index contributed by atoms with van der Waals surface area (Å²) in [5.41, 5.74) is 2.53.